The Hall–Kier alpha value is -4.33. The Morgan fingerprint density at radius 3 is 1.29 bits per heavy atom. The minimum Gasteiger partial charge on any atom is -0.481 e. The summed E-state index contributed by atoms with van der Waals surface area (Å²) in [5.74, 6) is -4.06. The van der Waals surface area contributed by atoms with E-state index in [1.807, 2.05) is 0 Å². The number of nitrogens with one attached hydrogen (secondary N) is 4. The molecule has 2 fully saturated rings. The minimum absolute atomic E-state index is 0.0160. The van der Waals surface area contributed by atoms with Gasteiger partial charge in [0, 0.05) is 51.6 Å². The Bertz CT molecular complexity index is 1630. The topological polar surface area (TPSA) is 320 Å². The molecule has 0 aromatic rings. The van der Waals surface area contributed by atoms with Gasteiger partial charge < -0.3 is 92.7 Å². The summed E-state index contributed by atoms with van der Waals surface area (Å²) < 4.78 is 76.9. The lowest BCUT2D eigenvalue weighted by molar-refractivity contribution is -0.139. The van der Waals surface area contributed by atoms with Crippen LogP contribution in [-0.4, -0.2) is 267 Å². The van der Waals surface area contributed by atoms with E-state index >= 15 is 0 Å². The monoisotopic (exact) mass is 1080 g/mol. The normalized spacial score (nSPS) is 18.4. The first kappa shape index (κ1) is 65.0. The molecule has 0 aromatic carbocycles. The van der Waals surface area contributed by atoms with Gasteiger partial charge in [-0.05, 0) is 12.8 Å². The van der Waals surface area contributed by atoms with Gasteiger partial charge in [-0.2, -0.15) is 0 Å². The van der Waals surface area contributed by atoms with Crippen LogP contribution in [0, 0.1) is 0 Å². The molecule has 2 saturated heterocycles. The molecule has 3 aliphatic heterocycles. The second-order valence-electron chi connectivity index (χ2n) is 16.8. The summed E-state index contributed by atoms with van der Waals surface area (Å²) in [5.41, 5.74) is 0. The van der Waals surface area contributed by atoms with Gasteiger partial charge in [0.15, 0.2) is 0 Å². The minimum atomic E-state index is -1.12. The Kier molecular flexibility index (Phi) is 37.0. The first-order valence-corrected chi connectivity index (χ1v) is 25.6. The van der Waals surface area contributed by atoms with E-state index in [-0.39, 0.29) is 83.2 Å². The second kappa shape index (κ2) is 42.7. The number of amides is 6. The molecule has 3 heterocycles. The van der Waals surface area contributed by atoms with Gasteiger partial charge in [0.25, 0.3) is 11.8 Å². The number of hydrogen-bond acceptors (Lipinski definition) is 21. The van der Waals surface area contributed by atoms with Crippen molar-refractivity contribution >= 4 is 41.4 Å². The van der Waals surface area contributed by atoms with Gasteiger partial charge in [-0.25, -0.2) is 0 Å². The van der Waals surface area contributed by atoms with Crippen LogP contribution in [0.4, 0.5) is 0 Å². The molecular formula is C48H81N5O22. The van der Waals surface area contributed by atoms with Crippen molar-refractivity contribution in [2.24, 2.45) is 0 Å². The van der Waals surface area contributed by atoms with Crippen molar-refractivity contribution in [3.63, 3.8) is 0 Å². The van der Waals surface area contributed by atoms with Gasteiger partial charge in [0.2, 0.25) is 23.6 Å². The van der Waals surface area contributed by atoms with Gasteiger partial charge in [-0.15, -0.1) is 0 Å². The van der Waals surface area contributed by atoms with Gasteiger partial charge in [-0.3, -0.25) is 38.5 Å². The third-order valence-corrected chi connectivity index (χ3v) is 11.0. The number of imide groups is 1. The number of fused-ring (bicyclic) bond motifs is 1. The van der Waals surface area contributed by atoms with Crippen molar-refractivity contribution in [3.8, 4) is 0 Å². The fourth-order valence-corrected chi connectivity index (χ4v) is 7.20. The maximum Gasteiger partial charge on any atom is 0.305 e. The lowest BCUT2D eigenvalue weighted by Crippen LogP contribution is -2.48. The standard InChI is InChI=1S/C48H81N5O22/c1-62-13-14-64-17-18-66-21-22-68-25-26-70-29-30-72-33-34-73-32-31-71-28-27-69-24-23-67-20-19-65-16-15-63-12-9-42(56)52-39-36-75-46-38(35-74-47(39)46)51-40(54)4-2-3-37(48(61)49-10-7-45(59)60)50-41(55)8-11-53-43(57)5-6-44(53)58/h5-6,37-39,46-47H,2-4,7-36H2,1H3,(H,49,61)(H,50,55)(H,51,54)(H,52,56)(H,59,60)/t37-,38-,39-,46+,47+/m0/s1. The molecule has 27 nitrogen and oxygen atoms in total. The summed E-state index contributed by atoms with van der Waals surface area (Å²) in [6.07, 6.45) is 0.946. The zero-order valence-corrected chi connectivity index (χ0v) is 43.3. The summed E-state index contributed by atoms with van der Waals surface area (Å²) in [5, 5.41) is 19.7. The molecule has 5 atom stereocenters. The smallest absolute Gasteiger partial charge is 0.305 e. The van der Waals surface area contributed by atoms with E-state index in [0.29, 0.717) is 145 Å². The van der Waals surface area contributed by atoms with Crippen molar-refractivity contribution in [3.05, 3.63) is 12.2 Å². The summed E-state index contributed by atoms with van der Waals surface area (Å²) in [6.45, 7) is 10.3. The highest BCUT2D eigenvalue weighted by Gasteiger charge is 2.48. The molecule has 27 heteroatoms. The van der Waals surface area contributed by atoms with Crippen molar-refractivity contribution in [1.82, 2.24) is 26.2 Å². The van der Waals surface area contributed by atoms with Crippen molar-refractivity contribution < 1.29 is 105 Å². The lowest BCUT2D eigenvalue weighted by atomic mass is 10.0. The molecule has 3 rings (SSSR count). The van der Waals surface area contributed by atoms with Crippen LogP contribution < -0.4 is 21.3 Å². The molecule has 0 aliphatic carbocycles. The summed E-state index contributed by atoms with van der Waals surface area (Å²) >= 11 is 0. The fraction of sp³-hybridized carbons (Fsp3) is 0.812. The predicted octanol–water partition coefficient (Wildman–Crippen LogP) is -2.47. The molecule has 6 amide bonds. The molecule has 430 valence electrons. The SMILES string of the molecule is COCCOCCOCCOCCOCCOCCOCCOCCOCCOCCOCCOCCC(=O)N[C@H]1CO[C@H]2[C@@H]1OC[C@@H]2NC(=O)CCC[C@H](NC(=O)CCN1C(=O)C=CC1=O)C(=O)NCCC(=O)O. The number of carboxylic acids is 1. The van der Waals surface area contributed by atoms with Crippen LogP contribution in [-0.2, 0) is 99.9 Å². The molecule has 0 unspecified atom stereocenters. The zero-order chi connectivity index (χ0) is 54.0. The van der Waals surface area contributed by atoms with Crippen molar-refractivity contribution in [2.75, 3.05) is 185 Å². The van der Waals surface area contributed by atoms with E-state index in [1.165, 1.54) is 0 Å². The first-order chi connectivity index (χ1) is 36.6. The maximum atomic E-state index is 12.9. The third-order valence-electron chi connectivity index (χ3n) is 11.0. The van der Waals surface area contributed by atoms with Gasteiger partial charge >= 0.3 is 5.97 Å². The second-order valence-corrected chi connectivity index (χ2v) is 16.8. The van der Waals surface area contributed by atoms with Crippen LogP contribution in [0.25, 0.3) is 0 Å². The highest BCUT2D eigenvalue weighted by Crippen LogP contribution is 2.27. The molecule has 5 N–H and O–H groups in total. The quantitative estimate of drug-likeness (QED) is 0.0311. The van der Waals surface area contributed by atoms with Crippen molar-refractivity contribution in [2.45, 2.75) is 68.9 Å². The number of hydrogen-bond donors (Lipinski definition) is 5. The third kappa shape index (κ3) is 31.5. The zero-order valence-electron chi connectivity index (χ0n) is 43.3. The van der Waals surface area contributed by atoms with Crippen LogP contribution in [0.15, 0.2) is 12.2 Å². The Labute approximate surface area is 438 Å². The van der Waals surface area contributed by atoms with E-state index in [0.717, 1.165) is 17.1 Å². The average molecular weight is 1080 g/mol. The summed E-state index contributed by atoms with van der Waals surface area (Å²) in [7, 11) is 1.63. The molecule has 0 spiro atoms. The molecule has 3 aliphatic rings. The molecule has 0 bridgehead atoms. The fourth-order valence-electron chi connectivity index (χ4n) is 7.20. The summed E-state index contributed by atoms with van der Waals surface area (Å²) in [4.78, 5) is 86.5. The molecule has 75 heavy (non-hydrogen) atoms. The van der Waals surface area contributed by atoms with E-state index in [1.54, 1.807) is 7.11 Å². The van der Waals surface area contributed by atoms with Gasteiger partial charge in [0.05, 0.1) is 184 Å². The Morgan fingerprint density at radius 2 is 0.907 bits per heavy atom. The Morgan fingerprint density at radius 1 is 0.533 bits per heavy atom. The largest absolute Gasteiger partial charge is 0.481 e. The predicted molar refractivity (Wildman–Crippen MR) is 260 cm³/mol. The number of carbonyl (C=O) groups excluding carboxylic acids is 6. The van der Waals surface area contributed by atoms with E-state index in [4.69, 9.17) is 71.4 Å². The number of carbonyl (C=O) groups is 7. The van der Waals surface area contributed by atoms with Crippen LogP contribution in [0.1, 0.15) is 38.5 Å². The molecular weight excluding hydrogens is 999 g/mol. The van der Waals surface area contributed by atoms with Crippen LogP contribution in [0.5, 0.6) is 0 Å². The van der Waals surface area contributed by atoms with Crippen molar-refractivity contribution in [1.29, 1.82) is 0 Å². The first-order valence-electron chi connectivity index (χ1n) is 25.6. The highest BCUT2D eigenvalue weighted by atomic mass is 16.6. The van der Waals surface area contributed by atoms with E-state index in [2.05, 4.69) is 21.3 Å². The van der Waals surface area contributed by atoms with Gasteiger partial charge in [0.1, 0.15) is 18.2 Å². The number of aliphatic carboxylic acids is 1. The maximum absolute atomic E-state index is 12.9. The number of methoxy groups -OCH3 is 1. The lowest BCUT2D eigenvalue weighted by Gasteiger charge is -2.20. The molecule has 0 saturated carbocycles. The number of nitrogens with zero attached hydrogens (tertiary/aromatic N) is 1. The van der Waals surface area contributed by atoms with Crippen LogP contribution >= 0.6 is 0 Å². The summed E-state index contributed by atoms with van der Waals surface area (Å²) in [6, 6.07) is -2.01. The van der Waals surface area contributed by atoms with E-state index in [9.17, 15) is 33.6 Å². The number of carboxylic acid groups (broad SMARTS) is 1. The van der Waals surface area contributed by atoms with Crippen LogP contribution in [0.2, 0.25) is 0 Å². The molecule has 0 aromatic heterocycles. The highest BCUT2D eigenvalue weighted by molar-refractivity contribution is 6.13. The Balaban J connectivity index is 1.07. The molecule has 0 radical (unpaired) electrons. The number of rotatable bonds is 50. The van der Waals surface area contributed by atoms with Crippen LogP contribution in [0.3, 0.4) is 0 Å². The number of ether oxygens (including phenoxy) is 14. The average Bonchev–Trinajstić information content (AvgIpc) is 4.08. The van der Waals surface area contributed by atoms with E-state index < -0.39 is 59.9 Å². The van der Waals surface area contributed by atoms with Gasteiger partial charge in [-0.1, -0.05) is 0 Å².